The Hall–Kier alpha value is -1.91. The van der Waals surface area contributed by atoms with Gasteiger partial charge in [0.15, 0.2) is 0 Å². The summed E-state index contributed by atoms with van der Waals surface area (Å²) in [6, 6.07) is 6.01. The number of likely N-dealkylation sites (tertiary alicyclic amines) is 1. The Balaban J connectivity index is 2.00. The predicted molar refractivity (Wildman–Crippen MR) is 88.6 cm³/mol. The number of rotatable bonds is 4. The third-order valence-electron chi connectivity index (χ3n) is 4.37. The summed E-state index contributed by atoms with van der Waals surface area (Å²) >= 11 is 0. The Labute approximate surface area is 137 Å². The zero-order chi connectivity index (χ0) is 17.0. The molecule has 23 heavy (non-hydrogen) atoms. The first-order valence-electron chi connectivity index (χ1n) is 8.29. The van der Waals surface area contributed by atoms with Crippen molar-refractivity contribution < 1.29 is 14.0 Å². The van der Waals surface area contributed by atoms with E-state index in [0.717, 1.165) is 5.69 Å². The van der Waals surface area contributed by atoms with Crippen molar-refractivity contribution in [3.8, 4) is 0 Å². The minimum absolute atomic E-state index is 0.00592. The lowest BCUT2D eigenvalue weighted by Crippen LogP contribution is -2.45. The van der Waals surface area contributed by atoms with Crippen molar-refractivity contribution in [3.63, 3.8) is 0 Å². The summed E-state index contributed by atoms with van der Waals surface area (Å²) in [6.45, 7) is 7.52. The molecule has 2 amide bonds. The van der Waals surface area contributed by atoms with E-state index in [2.05, 4.69) is 0 Å². The molecule has 0 atom stereocenters. The SMILES string of the molecule is CCN(C(=O)C1CCN(C(=O)C(C)C)CC1)c1ccc(F)cc1. The van der Waals surface area contributed by atoms with E-state index in [9.17, 15) is 14.0 Å². The monoisotopic (exact) mass is 320 g/mol. The Kier molecular flexibility index (Phi) is 5.74. The number of nitrogens with zero attached hydrogens (tertiary/aromatic N) is 2. The van der Waals surface area contributed by atoms with Gasteiger partial charge in [-0.05, 0) is 44.0 Å². The summed E-state index contributed by atoms with van der Waals surface area (Å²) in [6.07, 6.45) is 1.38. The first-order chi connectivity index (χ1) is 10.9. The summed E-state index contributed by atoms with van der Waals surface area (Å²) < 4.78 is 13.1. The molecule has 4 nitrogen and oxygen atoms in total. The topological polar surface area (TPSA) is 40.6 Å². The maximum atomic E-state index is 13.1. The highest BCUT2D eigenvalue weighted by Gasteiger charge is 2.30. The van der Waals surface area contributed by atoms with E-state index in [1.807, 2.05) is 25.7 Å². The van der Waals surface area contributed by atoms with Gasteiger partial charge in [0.25, 0.3) is 0 Å². The van der Waals surface area contributed by atoms with Gasteiger partial charge in [-0.3, -0.25) is 9.59 Å². The second-order valence-corrected chi connectivity index (χ2v) is 6.31. The molecule has 1 aliphatic heterocycles. The van der Waals surface area contributed by atoms with E-state index in [1.54, 1.807) is 17.0 Å². The van der Waals surface area contributed by atoms with Crippen LogP contribution in [0.15, 0.2) is 24.3 Å². The summed E-state index contributed by atoms with van der Waals surface area (Å²) in [5.41, 5.74) is 0.722. The molecule has 0 spiro atoms. The van der Waals surface area contributed by atoms with Gasteiger partial charge in [-0.2, -0.15) is 0 Å². The number of halogens is 1. The summed E-state index contributed by atoms with van der Waals surface area (Å²) in [5.74, 6) is -0.167. The van der Waals surface area contributed by atoms with Crippen molar-refractivity contribution in [3.05, 3.63) is 30.1 Å². The zero-order valence-electron chi connectivity index (χ0n) is 14.1. The maximum Gasteiger partial charge on any atom is 0.230 e. The van der Waals surface area contributed by atoms with E-state index in [1.165, 1.54) is 12.1 Å². The van der Waals surface area contributed by atoms with Crippen LogP contribution in [0.25, 0.3) is 0 Å². The number of benzene rings is 1. The van der Waals surface area contributed by atoms with E-state index in [0.29, 0.717) is 32.5 Å². The molecular formula is C18H25FN2O2. The fourth-order valence-corrected chi connectivity index (χ4v) is 3.02. The Morgan fingerprint density at radius 2 is 1.78 bits per heavy atom. The minimum Gasteiger partial charge on any atom is -0.342 e. The van der Waals surface area contributed by atoms with Crippen LogP contribution in [0.3, 0.4) is 0 Å². The van der Waals surface area contributed by atoms with Gasteiger partial charge in [-0.15, -0.1) is 0 Å². The average molecular weight is 320 g/mol. The van der Waals surface area contributed by atoms with Crippen LogP contribution in [0.2, 0.25) is 0 Å². The number of carbonyl (C=O) groups excluding carboxylic acids is 2. The van der Waals surface area contributed by atoms with Gasteiger partial charge in [-0.1, -0.05) is 13.8 Å². The molecule has 0 aromatic heterocycles. The second-order valence-electron chi connectivity index (χ2n) is 6.31. The molecule has 1 aliphatic rings. The first-order valence-corrected chi connectivity index (χ1v) is 8.29. The molecule has 1 heterocycles. The van der Waals surface area contributed by atoms with Gasteiger partial charge < -0.3 is 9.80 Å². The molecule has 1 fully saturated rings. The van der Waals surface area contributed by atoms with E-state index in [-0.39, 0.29) is 29.5 Å². The lowest BCUT2D eigenvalue weighted by Gasteiger charge is -2.34. The van der Waals surface area contributed by atoms with Gasteiger partial charge in [0.05, 0.1) is 0 Å². The Bertz CT molecular complexity index is 549. The second kappa shape index (κ2) is 7.57. The highest BCUT2D eigenvalue weighted by molar-refractivity contribution is 5.95. The van der Waals surface area contributed by atoms with Crippen molar-refractivity contribution >= 4 is 17.5 Å². The molecule has 1 aromatic carbocycles. The number of piperidine rings is 1. The van der Waals surface area contributed by atoms with E-state index in [4.69, 9.17) is 0 Å². The molecule has 1 saturated heterocycles. The van der Waals surface area contributed by atoms with Crippen LogP contribution < -0.4 is 4.90 Å². The molecule has 2 rings (SSSR count). The highest BCUT2D eigenvalue weighted by Crippen LogP contribution is 2.24. The number of hydrogen-bond donors (Lipinski definition) is 0. The lowest BCUT2D eigenvalue weighted by molar-refractivity contribution is -0.137. The first kappa shape index (κ1) is 17.4. The van der Waals surface area contributed by atoms with Crippen molar-refractivity contribution in [1.82, 2.24) is 4.90 Å². The molecule has 126 valence electrons. The maximum absolute atomic E-state index is 13.1. The van der Waals surface area contributed by atoms with E-state index >= 15 is 0 Å². The standard InChI is InChI=1S/C18H25FN2O2/c1-4-21(16-7-5-15(19)6-8-16)18(23)14-9-11-20(12-10-14)17(22)13(2)3/h5-8,13-14H,4,9-12H2,1-3H3. The van der Waals surface area contributed by atoms with Crippen LogP contribution in [0.1, 0.15) is 33.6 Å². The molecule has 0 aliphatic carbocycles. The quantitative estimate of drug-likeness (QED) is 0.855. The van der Waals surface area contributed by atoms with Crippen LogP contribution in [0.4, 0.5) is 10.1 Å². The van der Waals surface area contributed by atoms with Gasteiger partial charge in [0, 0.05) is 37.2 Å². The molecule has 0 bridgehead atoms. The van der Waals surface area contributed by atoms with Crippen LogP contribution in [0, 0.1) is 17.7 Å². The molecule has 0 saturated carbocycles. The van der Waals surface area contributed by atoms with Crippen LogP contribution in [-0.4, -0.2) is 36.3 Å². The lowest BCUT2D eigenvalue weighted by atomic mass is 9.94. The third kappa shape index (κ3) is 4.09. The van der Waals surface area contributed by atoms with Crippen LogP contribution >= 0.6 is 0 Å². The largest absolute Gasteiger partial charge is 0.342 e. The Morgan fingerprint density at radius 3 is 2.26 bits per heavy atom. The van der Waals surface area contributed by atoms with Gasteiger partial charge in [-0.25, -0.2) is 4.39 Å². The fourth-order valence-electron chi connectivity index (χ4n) is 3.02. The third-order valence-corrected chi connectivity index (χ3v) is 4.37. The number of amides is 2. The number of carbonyl (C=O) groups is 2. The molecule has 0 unspecified atom stereocenters. The Morgan fingerprint density at radius 1 is 1.22 bits per heavy atom. The fraction of sp³-hybridized carbons (Fsp3) is 0.556. The highest BCUT2D eigenvalue weighted by atomic mass is 19.1. The minimum atomic E-state index is -0.308. The van der Waals surface area contributed by atoms with Crippen molar-refractivity contribution in [2.24, 2.45) is 11.8 Å². The normalized spacial score (nSPS) is 15.8. The summed E-state index contributed by atoms with van der Waals surface area (Å²) in [5, 5.41) is 0. The van der Waals surface area contributed by atoms with Crippen LogP contribution in [-0.2, 0) is 9.59 Å². The van der Waals surface area contributed by atoms with Crippen molar-refractivity contribution in [2.75, 3.05) is 24.5 Å². The van der Waals surface area contributed by atoms with Gasteiger partial charge >= 0.3 is 0 Å². The van der Waals surface area contributed by atoms with Crippen LogP contribution in [0.5, 0.6) is 0 Å². The zero-order valence-corrected chi connectivity index (χ0v) is 14.1. The molecule has 1 aromatic rings. The average Bonchev–Trinajstić information content (AvgIpc) is 2.56. The van der Waals surface area contributed by atoms with Crippen molar-refractivity contribution in [2.45, 2.75) is 33.6 Å². The van der Waals surface area contributed by atoms with E-state index < -0.39 is 0 Å². The van der Waals surface area contributed by atoms with Gasteiger partial charge in [0.1, 0.15) is 5.82 Å². The molecule has 0 N–H and O–H groups in total. The summed E-state index contributed by atoms with van der Waals surface area (Å²) in [4.78, 5) is 28.3. The molecule has 0 radical (unpaired) electrons. The smallest absolute Gasteiger partial charge is 0.230 e. The number of anilines is 1. The number of hydrogen-bond acceptors (Lipinski definition) is 2. The molecular weight excluding hydrogens is 295 g/mol. The van der Waals surface area contributed by atoms with Crippen molar-refractivity contribution in [1.29, 1.82) is 0 Å². The predicted octanol–water partition coefficient (Wildman–Crippen LogP) is 3.07. The molecule has 5 heteroatoms. The summed E-state index contributed by atoms with van der Waals surface area (Å²) in [7, 11) is 0. The van der Waals surface area contributed by atoms with Gasteiger partial charge in [0.2, 0.25) is 11.8 Å².